The molecule has 56 heavy (non-hydrogen) atoms. The van der Waals surface area contributed by atoms with Crippen LogP contribution in [0.4, 0.5) is 39.3 Å². The van der Waals surface area contributed by atoms with Crippen LogP contribution in [0.15, 0.2) is 36.4 Å². The van der Waals surface area contributed by atoms with Gasteiger partial charge in [0.1, 0.15) is 18.7 Å². The number of hydrogen-bond acceptors (Lipinski definition) is 12. The first kappa shape index (κ1) is 44.3. The van der Waals surface area contributed by atoms with Gasteiger partial charge in [-0.25, -0.2) is 14.6 Å². The van der Waals surface area contributed by atoms with E-state index in [1.54, 1.807) is 13.8 Å². The summed E-state index contributed by atoms with van der Waals surface area (Å²) in [5.41, 5.74) is 3.43. The zero-order valence-electron chi connectivity index (χ0n) is 30.1. The molecular formula is C33H40F3N9O10S. The van der Waals surface area contributed by atoms with Gasteiger partial charge in [0.05, 0.1) is 9.80 Å². The minimum absolute atomic E-state index is 0.00960. The number of halogens is 3. The number of nitrogens with zero attached hydrogens (tertiary/aromatic N) is 3. The number of nitro groups is 1. The summed E-state index contributed by atoms with van der Waals surface area (Å²) in [5.74, 6) is -3.55. The number of aromatic nitrogens is 1. The van der Waals surface area contributed by atoms with Crippen LogP contribution < -0.4 is 32.3 Å². The van der Waals surface area contributed by atoms with E-state index < -0.39 is 93.1 Å². The molecular weight excluding hydrogens is 771 g/mol. The number of urea groups is 1. The molecule has 19 nitrogen and oxygen atoms in total. The smallest absolute Gasteiger partial charge is 0.434 e. The van der Waals surface area contributed by atoms with Crippen molar-refractivity contribution in [3.05, 3.63) is 57.1 Å². The highest BCUT2D eigenvalue weighted by Gasteiger charge is 2.38. The Morgan fingerprint density at radius 1 is 0.964 bits per heavy atom. The second-order valence-corrected chi connectivity index (χ2v) is 13.6. The van der Waals surface area contributed by atoms with Gasteiger partial charge in [-0.05, 0) is 43.7 Å². The number of rotatable bonds is 20. The van der Waals surface area contributed by atoms with E-state index in [9.17, 15) is 56.8 Å². The van der Waals surface area contributed by atoms with Crippen LogP contribution >= 0.6 is 11.3 Å². The van der Waals surface area contributed by atoms with Crippen LogP contribution in [-0.2, 0) is 41.5 Å². The van der Waals surface area contributed by atoms with E-state index in [1.165, 1.54) is 24.3 Å². The van der Waals surface area contributed by atoms with Crippen LogP contribution in [0.3, 0.4) is 0 Å². The normalized spacial score (nSPS) is 13.6. The van der Waals surface area contributed by atoms with Crippen molar-refractivity contribution in [2.45, 2.75) is 77.2 Å². The van der Waals surface area contributed by atoms with Gasteiger partial charge in [0.2, 0.25) is 17.7 Å². The van der Waals surface area contributed by atoms with Gasteiger partial charge in [-0.1, -0.05) is 31.6 Å². The molecule has 1 aliphatic heterocycles. The number of amides is 8. The van der Waals surface area contributed by atoms with Crippen molar-refractivity contribution in [1.82, 2.24) is 25.8 Å². The maximum atomic E-state index is 13.9. The van der Waals surface area contributed by atoms with Gasteiger partial charge in [-0.2, -0.15) is 13.2 Å². The molecule has 2 heterocycles. The van der Waals surface area contributed by atoms with Crippen LogP contribution in [-0.4, -0.2) is 81.6 Å². The Morgan fingerprint density at radius 2 is 1.62 bits per heavy atom. The fraction of sp³-hybridized carbons (Fsp3) is 0.455. The quantitative estimate of drug-likeness (QED) is 0.0488. The lowest BCUT2D eigenvalue weighted by molar-refractivity contribution is -0.384. The summed E-state index contributed by atoms with van der Waals surface area (Å²) >= 11 is 0.349. The summed E-state index contributed by atoms with van der Waals surface area (Å²) in [6.45, 7) is 2.52. The highest BCUT2D eigenvalue weighted by molar-refractivity contribution is 7.15. The summed E-state index contributed by atoms with van der Waals surface area (Å²) < 4.78 is 46.6. The highest BCUT2D eigenvalue weighted by Crippen LogP contribution is 2.36. The molecule has 0 saturated carbocycles. The lowest BCUT2D eigenvalue weighted by Gasteiger charge is -2.25. The van der Waals surface area contributed by atoms with Crippen LogP contribution in [0.2, 0.25) is 0 Å². The molecule has 0 aliphatic carbocycles. The van der Waals surface area contributed by atoms with E-state index in [2.05, 4.69) is 31.6 Å². The number of nitrogens with one attached hydrogen (secondary N) is 5. The number of unbranched alkanes of at least 4 members (excludes halogenated alkanes) is 2. The third kappa shape index (κ3) is 13.9. The van der Waals surface area contributed by atoms with Gasteiger partial charge in [0, 0.05) is 49.5 Å². The number of anilines is 2. The van der Waals surface area contributed by atoms with E-state index in [0.29, 0.717) is 30.6 Å². The molecule has 23 heteroatoms. The zero-order chi connectivity index (χ0) is 41.6. The fourth-order valence-corrected chi connectivity index (χ4v) is 5.98. The molecule has 0 saturated heterocycles. The third-order valence-electron chi connectivity index (χ3n) is 7.91. The number of benzene rings is 1. The van der Waals surface area contributed by atoms with Crippen molar-refractivity contribution in [2.75, 3.05) is 23.7 Å². The highest BCUT2D eigenvalue weighted by atomic mass is 32.1. The molecule has 2 atom stereocenters. The maximum absolute atomic E-state index is 13.9. The maximum Gasteiger partial charge on any atom is 0.434 e. The number of alkyl halides is 3. The molecule has 7 N–H and O–H groups in total. The largest absolute Gasteiger partial charge is 0.444 e. The zero-order valence-corrected chi connectivity index (χ0v) is 30.9. The van der Waals surface area contributed by atoms with Gasteiger partial charge in [-0.15, -0.1) is 0 Å². The molecule has 0 radical (unpaired) electrons. The van der Waals surface area contributed by atoms with Crippen molar-refractivity contribution in [3.63, 3.8) is 0 Å². The van der Waals surface area contributed by atoms with Gasteiger partial charge >= 0.3 is 18.3 Å². The van der Waals surface area contributed by atoms with Gasteiger partial charge < -0.3 is 31.7 Å². The van der Waals surface area contributed by atoms with Crippen molar-refractivity contribution in [1.29, 1.82) is 0 Å². The summed E-state index contributed by atoms with van der Waals surface area (Å²) in [6, 6.07) is 1.17. The van der Waals surface area contributed by atoms with Crippen molar-refractivity contribution in [2.24, 2.45) is 11.7 Å². The standard InChI is InChI=1S/C33H40F3N9O10S/c1-18(2)26(41-23(46)8-4-3-5-16-44-24(47)13-14-25(44)48)29(50)40-21(7-6-15-38-30(37)51)28(49)43-31-42-27(33(34,35)36)22(56-31)17-55-32(52)39-19-9-11-20(12-10-19)45(53)54/h9-14,18,21,26H,3-8,15-17H2,1-2H3,(H,39,52)(H,40,50)(H,41,46)(H3,37,38,51)(H,42,43,49)/t21-,26-/m1/s1. The van der Waals surface area contributed by atoms with Gasteiger partial charge in [0.25, 0.3) is 17.5 Å². The number of non-ortho nitro benzene ring substituents is 1. The van der Waals surface area contributed by atoms with Gasteiger partial charge in [0.15, 0.2) is 10.8 Å². The Hall–Kier alpha value is -6.13. The summed E-state index contributed by atoms with van der Waals surface area (Å²) in [4.78, 5) is 100. The van der Waals surface area contributed by atoms with Gasteiger partial charge in [-0.3, -0.25) is 44.3 Å². The Labute approximate surface area is 321 Å². The lowest BCUT2D eigenvalue weighted by Crippen LogP contribution is -2.54. The topological polar surface area (TPSA) is 274 Å². The first-order valence-corrected chi connectivity index (χ1v) is 17.9. The van der Waals surface area contributed by atoms with Crippen LogP contribution in [0.25, 0.3) is 0 Å². The summed E-state index contributed by atoms with van der Waals surface area (Å²) in [6.07, 6.45) is -2.57. The van der Waals surface area contributed by atoms with Crippen LogP contribution in [0, 0.1) is 16.0 Å². The first-order chi connectivity index (χ1) is 26.3. The minimum atomic E-state index is -5.03. The molecule has 0 bridgehead atoms. The number of nitro benzene ring substituents is 1. The number of carbonyl (C=O) groups excluding carboxylic acids is 7. The Morgan fingerprint density at radius 3 is 2.21 bits per heavy atom. The van der Waals surface area contributed by atoms with E-state index in [4.69, 9.17) is 10.5 Å². The first-order valence-electron chi connectivity index (χ1n) is 17.1. The van der Waals surface area contributed by atoms with Crippen molar-refractivity contribution in [3.8, 4) is 0 Å². The second-order valence-electron chi connectivity index (χ2n) is 12.5. The number of primary amides is 1. The van der Waals surface area contributed by atoms with Crippen molar-refractivity contribution < 1.29 is 56.4 Å². The molecule has 2 aromatic rings. The average molecular weight is 812 g/mol. The molecule has 0 unspecified atom stereocenters. The molecule has 8 amide bonds. The lowest BCUT2D eigenvalue weighted by atomic mass is 10.0. The van der Waals surface area contributed by atoms with Crippen LogP contribution in [0.5, 0.6) is 0 Å². The summed E-state index contributed by atoms with van der Waals surface area (Å²) in [5, 5.41) is 22.2. The van der Waals surface area contributed by atoms with Crippen LogP contribution in [0.1, 0.15) is 62.9 Å². The average Bonchev–Trinajstić information content (AvgIpc) is 3.68. The van der Waals surface area contributed by atoms with E-state index in [0.717, 1.165) is 17.0 Å². The number of imide groups is 1. The summed E-state index contributed by atoms with van der Waals surface area (Å²) in [7, 11) is 0. The Bertz CT molecular complexity index is 1800. The van der Waals surface area contributed by atoms with E-state index >= 15 is 0 Å². The Balaban J connectivity index is 1.64. The SMILES string of the molecule is CC(C)[C@@H](NC(=O)CCCCCN1C(=O)C=CC1=O)C(=O)N[C@H](CCCNC(N)=O)C(=O)Nc1nc(C(F)(F)F)c(COC(=O)Nc2ccc([N+](=O)[O-])cc2)s1. The molecule has 0 spiro atoms. The molecule has 1 aromatic heterocycles. The minimum Gasteiger partial charge on any atom is -0.444 e. The molecule has 1 aromatic carbocycles. The van der Waals surface area contributed by atoms with E-state index in [1.807, 2.05) is 0 Å². The van der Waals surface area contributed by atoms with E-state index in [-0.39, 0.29) is 43.7 Å². The monoisotopic (exact) mass is 811 g/mol. The molecule has 0 fully saturated rings. The molecule has 304 valence electrons. The fourth-order valence-electron chi connectivity index (χ4n) is 5.08. The molecule has 3 rings (SSSR count). The predicted octanol–water partition coefficient (Wildman–Crippen LogP) is 3.32. The third-order valence-corrected chi connectivity index (χ3v) is 8.85. The number of ether oxygens (including phenoxy) is 1. The number of hydrogen-bond donors (Lipinski definition) is 6. The number of thiazole rings is 1. The van der Waals surface area contributed by atoms with Crippen molar-refractivity contribution >= 4 is 69.5 Å². The molecule has 1 aliphatic rings. The second kappa shape index (κ2) is 20.5. The number of carbonyl (C=O) groups is 7. The predicted molar refractivity (Wildman–Crippen MR) is 192 cm³/mol. The number of nitrogens with two attached hydrogens (primary N) is 1. The Kier molecular flexibility index (Phi) is 16.2.